The van der Waals surface area contributed by atoms with Gasteiger partial charge in [-0.1, -0.05) is 48.9 Å². The molecule has 0 aromatic heterocycles. The number of benzene rings is 2. The van der Waals surface area contributed by atoms with Crippen molar-refractivity contribution in [2.45, 2.75) is 39.8 Å². The maximum absolute atomic E-state index is 11.6. The molecular formula is C19H24N2O. The smallest absolute Gasteiger partial charge is 0.224 e. The van der Waals surface area contributed by atoms with E-state index in [1.165, 1.54) is 16.7 Å². The lowest BCUT2D eigenvalue weighted by Gasteiger charge is -2.09. The Morgan fingerprint density at radius 2 is 1.68 bits per heavy atom. The van der Waals surface area contributed by atoms with E-state index >= 15 is 0 Å². The molecule has 0 aliphatic rings. The molecule has 3 heteroatoms. The third kappa shape index (κ3) is 5.34. The Kier molecular flexibility index (Phi) is 6.16. The average Bonchev–Trinajstić information content (AvgIpc) is 2.48. The summed E-state index contributed by atoms with van der Waals surface area (Å²) in [5.74, 6) is 0.0763. The molecule has 1 amide bonds. The summed E-state index contributed by atoms with van der Waals surface area (Å²) >= 11 is 0. The third-order valence-electron chi connectivity index (χ3n) is 3.43. The minimum Gasteiger partial charge on any atom is -0.326 e. The van der Waals surface area contributed by atoms with Gasteiger partial charge in [0.2, 0.25) is 5.91 Å². The molecule has 0 saturated carbocycles. The first kappa shape index (κ1) is 16.2. The number of carbonyl (C=O) groups excluding carboxylic acids is 1. The van der Waals surface area contributed by atoms with Gasteiger partial charge in [0.25, 0.3) is 0 Å². The van der Waals surface area contributed by atoms with Gasteiger partial charge < -0.3 is 10.6 Å². The van der Waals surface area contributed by atoms with Gasteiger partial charge in [-0.3, -0.25) is 4.79 Å². The van der Waals surface area contributed by atoms with Crippen molar-refractivity contribution in [3.63, 3.8) is 0 Å². The Balaban J connectivity index is 1.86. The van der Waals surface area contributed by atoms with Crippen LogP contribution >= 0.6 is 0 Å². The van der Waals surface area contributed by atoms with Crippen LogP contribution in [0, 0.1) is 6.92 Å². The normalized spacial score (nSPS) is 10.5. The average molecular weight is 296 g/mol. The summed E-state index contributed by atoms with van der Waals surface area (Å²) in [5.41, 5.74) is 4.60. The maximum atomic E-state index is 11.6. The second-order valence-electron chi connectivity index (χ2n) is 5.59. The van der Waals surface area contributed by atoms with E-state index in [1.807, 2.05) is 25.1 Å². The molecule has 3 nitrogen and oxygen atoms in total. The number of nitrogens with one attached hydrogen (secondary N) is 2. The van der Waals surface area contributed by atoms with Crippen LogP contribution in [0.4, 0.5) is 5.69 Å². The molecule has 22 heavy (non-hydrogen) atoms. The van der Waals surface area contributed by atoms with Gasteiger partial charge in [-0.2, -0.15) is 0 Å². The maximum Gasteiger partial charge on any atom is 0.224 e. The molecule has 0 saturated heterocycles. The quantitative estimate of drug-likeness (QED) is 0.810. The molecule has 2 rings (SSSR count). The zero-order chi connectivity index (χ0) is 15.8. The number of carbonyl (C=O) groups is 1. The molecule has 0 unspecified atom stereocenters. The molecule has 0 bridgehead atoms. The fourth-order valence-electron chi connectivity index (χ4n) is 2.38. The number of hydrogen-bond acceptors (Lipinski definition) is 2. The monoisotopic (exact) mass is 296 g/mol. The number of aryl methyl sites for hydroxylation is 1. The molecule has 2 N–H and O–H groups in total. The second kappa shape index (κ2) is 8.35. The standard InChI is InChI=1S/C19H24N2O/c1-3-6-19(22)21-18-10-5-9-17(12-18)14-20-13-16-8-4-7-15(2)11-16/h4-5,7-12,20H,3,6,13-14H2,1-2H3,(H,21,22). The van der Waals surface area contributed by atoms with E-state index in [9.17, 15) is 4.79 Å². The lowest BCUT2D eigenvalue weighted by atomic mass is 10.1. The van der Waals surface area contributed by atoms with E-state index in [0.717, 1.165) is 25.2 Å². The van der Waals surface area contributed by atoms with Gasteiger partial charge in [-0.15, -0.1) is 0 Å². The van der Waals surface area contributed by atoms with Crippen molar-refractivity contribution in [1.29, 1.82) is 0 Å². The molecule has 0 spiro atoms. The predicted molar refractivity (Wildman–Crippen MR) is 91.7 cm³/mol. The van der Waals surface area contributed by atoms with Crippen LogP contribution in [0.1, 0.15) is 36.5 Å². The van der Waals surface area contributed by atoms with Crippen molar-refractivity contribution >= 4 is 11.6 Å². The molecule has 0 aliphatic carbocycles. The summed E-state index contributed by atoms with van der Waals surface area (Å²) in [6.07, 6.45) is 1.43. The van der Waals surface area contributed by atoms with Crippen LogP contribution in [-0.2, 0) is 17.9 Å². The van der Waals surface area contributed by atoms with Crippen molar-refractivity contribution in [2.24, 2.45) is 0 Å². The molecular weight excluding hydrogens is 272 g/mol. The van der Waals surface area contributed by atoms with E-state index in [1.54, 1.807) is 0 Å². The zero-order valence-corrected chi connectivity index (χ0v) is 13.4. The van der Waals surface area contributed by atoms with Gasteiger partial charge in [0, 0.05) is 25.2 Å². The Morgan fingerprint density at radius 3 is 2.36 bits per heavy atom. The Morgan fingerprint density at radius 1 is 1.00 bits per heavy atom. The van der Waals surface area contributed by atoms with Crippen LogP contribution in [0.5, 0.6) is 0 Å². The zero-order valence-electron chi connectivity index (χ0n) is 13.4. The molecule has 116 valence electrons. The van der Waals surface area contributed by atoms with E-state index < -0.39 is 0 Å². The van der Waals surface area contributed by atoms with Crippen LogP contribution < -0.4 is 10.6 Å². The molecule has 2 aromatic carbocycles. The highest BCUT2D eigenvalue weighted by Crippen LogP contribution is 2.12. The van der Waals surface area contributed by atoms with Crippen LogP contribution in [0.15, 0.2) is 48.5 Å². The van der Waals surface area contributed by atoms with Crippen molar-refractivity contribution in [3.8, 4) is 0 Å². The van der Waals surface area contributed by atoms with Crippen LogP contribution in [-0.4, -0.2) is 5.91 Å². The Bertz CT molecular complexity index is 622. The summed E-state index contributed by atoms with van der Waals surface area (Å²) in [6.45, 7) is 5.73. The summed E-state index contributed by atoms with van der Waals surface area (Å²) in [6, 6.07) is 16.5. The van der Waals surface area contributed by atoms with Gasteiger partial charge >= 0.3 is 0 Å². The molecule has 0 aliphatic heterocycles. The van der Waals surface area contributed by atoms with Gasteiger partial charge in [0.05, 0.1) is 0 Å². The minimum atomic E-state index is 0.0763. The number of hydrogen-bond donors (Lipinski definition) is 2. The number of anilines is 1. The van der Waals surface area contributed by atoms with Crippen LogP contribution in [0.3, 0.4) is 0 Å². The lowest BCUT2D eigenvalue weighted by molar-refractivity contribution is -0.116. The summed E-state index contributed by atoms with van der Waals surface area (Å²) in [5, 5.41) is 6.37. The van der Waals surface area contributed by atoms with Crippen LogP contribution in [0.25, 0.3) is 0 Å². The number of amides is 1. The van der Waals surface area contributed by atoms with E-state index in [4.69, 9.17) is 0 Å². The Hall–Kier alpha value is -2.13. The predicted octanol–water partition coefficient (Wildman–Crippen LogP) is 4.02. The summed E-state index contributed by atoms with van der Waals surface area (Å²) < 4.78 is 0. The summed E-state index contributed by atoms with van der Waals surface area (Å²) in [4.78, 5) is 11.6. The van der Waals surface area contributed by atoms with E-state index in [0.29, 0.717) is 6.42 Å². The first-order chi connectivity index (χ1) is 10.7. The van der Waals surface area contributed by atoms with E-state index in [-0.39, 0.29) is 5.91 Å². The lowest BCUT2D eigenvalue weighted by Crippen LogP contribution is -2.14. The van der Waals surface area contributed by atoms with Gasteiger partial charge in [0.1, 0.15) is 0 Å². The molecule has 0 fully saturated rings. The van der Waals surface area contributed by atoms with Crippen LogP contribution in [0.2, 0.25) is 0 Å². The first-order valence-electron chi connectivity index (χ1n) is 7.82. The highest BCUT2D eigenvalue weighted by atomic mass is 16.1. The topological polar surface area (TPSA) is 41.1 Å². The minimum absolute atomic E-state index is 0.0763. The SMILES string of the molecule is CCCC(=O)Nc1cccc(CNCc2cccc(C)c2)c1. The van der Waals surface area contributed by atoms with Crippen molar-refractivity contribution in [2.75, 3.05) is 5.32 Å². The van der Waals surface area contributed by atoms with Crippen molar-refractivity contribution in [1.82, 2.24) is 5.32 Å². The van der Waals surface area contributed by atoms with Gasteiger partial charge in [-0.05, 0) is 36.6 Å². The molecule has 0 radical (unpaired) electrons. The molecule has 0 heterocycles. The molecule has 0 atom stereocenters. The first-order valence-corrected chi connectivity index (χ1v) is 7.82. The largest absolute Gasteiger partial charge is 0.326 e. The van der Waals surface area contributed by atoms with Gasteiger partial charge in [-0.25, -0.2) is 0 Å². The van der Waals surface area contributed by atoms with Crippen molar-refractivity contribution < 1.29 is 4.79 Å². The molecule has 2 aromatic rings. The van der Waals surface area contributed by atoms with E-state index in [2.05, 4.69) is 47.9 Å². The fourth-order valence-corrected chi connectivity index (χ4v) is 2.38. The number of rotatable bonds is 7. The third-order valence-corrected chi connectivity index (χ3v) is 3.43. The summed E-state index contributed by atoms with van der Waals surface area (Å²) in [7, 11) is 0. The second-order valence-corrected chi connectivity index (χ2v) is 5.59. The fraction of sp³-hybridized carbons (Fsp3) is 0.316. The van der Waals surface area contributed by atoms with Crippen molar-refractivity contribution in [3.05, 3.63) is 65.2 Å². The highest BCUT2D eigenvalue weighted by Gasteiger charge is 2.01. The van der Waals surface area contributed by atoms with Gasteiger partial charge in [0.15, 0.2) is 0 Å². The highest BCUT2D eigenvalue weighted by molar-refractivity contribution is 5.90. The Labute approximate surface area is 132 Å².